The summed E-state index contributed by atoms with van der Waals surface area (Å²) in [6, 6.07) is 0. The van der Waals surface area contributed by atoms with Crippen LogP contribution in [0.3, 0.4) is 0 Å². The Balaban J connectivity index is 3.41. The normalized spacial score (nSPS) is 11.0. The Hall–Kier alpha value is -1.91. The van der Waals surface area contributed by atoms with Gasteiger partial charge in [0.05, 0.1) is 7.11 Å². The molecule has 1 aromatic rings. The van der Waals surface area contributed by atoms with Gasteiger partial charge in [-0.05, 0) is 44.1 Å². The molecule has 0 spiro atoms. The number of aromatic hydroxyl groups is 1. The summed E-state index contributed by atoms with van der Waals surface area (Å²) in [5.41, 5.74) is 3.03. The lowest BCUT2D eigenvalue weighted by Gasteiger charge is -2.23. The maximum Gasteiger partial charge on any atom is 0.511 e. The minimum atomic E-state index is -1.43. The Morgan fingerprint density at radius 3 is 1.55 bits per heavy atom. The molecule has 31 heavy (non-hydrogen) atoms. The smallest absolute Gasteiger partial charge is 0.504 e. The van der Waals surface area contributed by atoms with Crippen molar-refractivity contribution in [3.05, 3.63) is 16.7 Å². The average Bonchev–Trinajstić information content (AvgIpc) is 2.75. The van der Waals surface area contributed by atoms with Crippen LogP contribution in [0.5, 0.6) is 17.2 Å². The third-order valence-corrected chi connectivity index (χ3v) is 5.94. The van der Waals surface area contributed by atoms with E-state index in [1.54, 1.807) is 0 Å². The highest BCUT2D eigenvalue weighted by molar-refractivity contribution is 5.70. The van der Waals surface area contributed by atoms with Crippen molar-refractivity contribution in [2.24, 2.45) is 0 Å². The van der Waals surface area contributed by atoms with Gasteiger partial charge in [-0.3, -0.25) is 0 Å². The standard InChI is InChI=1S/C26H44O5/c1-5-8-11-14-17-20-21(18-15-12-9-6-2)23(27)25(31-26(28)29)24(30-4)22(20)19-16-13-10-7-3/h27H,5-19H2,1-4H3,(H,28,29). The summed E-state index contributed by atoms with van der Waals surface area (Å²) in [4.78, 5) is 11.4. The number of methoxy groups -OCH3 is 1. The molecular weight excluding hydrogens is 392 g/mol. The fourth-order valence-electron chi connectivity index (χ4n) is 4.26. The zero-order chi connectivity index (χ0) is 23.1. The quantitative estimate of drug-likeness (QED) is 0.148. The van der Waals surface area contributed by atoms with Crippen molar-refractivity contribution in [3.63, 3.8) is 0 Å². The Labute approximate surface area is 189 Å². The van der Waals surface area contributed by atoms with Gasteiger partial charge in [0, 0.05) is 11.1 Å². The molecule has 178 valence electrons. The molecule has 5 heteroatoms. The predicted molar refractivity (Wildman–Crippen MR) is 127 cm³/mol. The summed E-state index contributed by atoms with van der Waals surface area (Å²) in [6.07, 6.45) is 14.4. The maximum atomic E-state index is 11.4. The second kappa shape index (κ2) is 15.8. The summed E-state index contributed by atoms with van der Waals surface area (Å²) in [5, 5.41) is 20.3. The number of rotatable bonds is 17. The van der Waals surface area contributed by atoms with Crippen LogP contribution in [0.25, 0.3) is 0 Å². The molecule has 0 saturated heterocycles. The fourth-order valence-corrected chi connectivity index (χ4v) is 4.26. The SMILES string of the molecule is CCCCCCc1c(O)c(OC(=O)O)c(OC)c(CCCCCC)c1CCCCCC. The van der Waals surface area contributed by atoms with E-state index in [0.29, 0.717) is 5.75 Å². The van der Waals surface area contributed by atoms with Crippen LogP contribution in [0.2, 0.25) is 0 Å². The summed E-state index contributed by atoms with van der Waals surface area (Å²) < 4.78 is 10.7. The van der Waals surface area contributed by atoms with Crippen LogP contribution in [0.1, 0.15) is 115 Å². The largest absolute Gasteiger partial charge is 0.511 e. The van der Waals surface area contributed by atoms with Gasteiger partial charge >= 0.3 is 6.16 Å². The maximum absolute atomic E-state index is 11.4. The number of hydrogen-bond acceptors (Lipinski definition) is 4. The topological polar surface area (TPSA) is 76.0 Å². The number of carboxylic acid groups (broad SMARTS) is 1. The summed E-state index contributed by atoms with van der Waals surface area (Å²) in [6.45, 7) is 6.57. The highest BCUT2D eigenvalue weighted by Crippen LogP contribution is 2.46. The molecular formula is C26H44O5. The van der Waals surface area contributed by atoms with Crippen LogP contribution in [-0.4, -0.2) is 23.5 Å². The third-order valence-electron chi connectivity index (χ3n) is 5.94. The van der Waals surface area contributed by atoms with Gasteiger partial charge in [0.2, 0.25) is 5.75 Å². The lowest BCUT2D eigenvalue weighted by molar-refractivity contribution is 0.141. The molecule has 0 aliphatic heterocycles. The molecule has 0 saturated carbocycles. The van der Waals surface area contributed by atoms with Gasteiger partial charge in [0.15, 0.2) is 11.5 Å². The molecule has 0 aliphatic carbocycles. The van der Waals surface area contributed by atoms with E-state index in [-0.39, 0.29) is 11.5 Å². The van der Waals surface area contributed by atoms with E-state index in [9.17, 15) is 15.0 Å². The number of carbonyl (C=O) groups is 1. The summed E-state index contributed by atoms with van der Waals surface area (Å²) in [5.74, 6) is 0.293. The van der Waals surface area contributed by atoms with Crippen LogP contribution in [0.4, 0.5) is 4.79 Å². The molecule has 0 aliphatic rings. The molecule has 1 aromatic carbocycles. The first-order valence-corrected chi connectivity index (χ1v) is 12.4. The van der Waals surface area contributed by atoms with Crippen LogP contribution < -0.4 is 9.47 Å². The molecule has 0 unspecified atom stereocenters. The lowest BCUT2D eigenvalue weighted by atomic mass is 9.88. The second-order valence-corrected chi connectivity index (χ2v) is 8.45. The molecule has 1 rings (SSSR count). The van der Waals surface area contributed by atoms with Crippen molar-refractivity contribution in [3.8, 4) is 17.2 Å². The van der Waals surface area contributed by atoms with Gasteiger partial charge in [-0.15, -0.1) is 0 Å². The van der Waals surface area contributed by atoms with Crippen molar-refractivity contribution < 1.29 is 24.5 Å². The molecule has 0 atom stereocenters. The molecule has 0 fully saturated rings. The Bertz CT molecular complexity index is 654. The van der Waals surface area contributed by atoms with Gasteiger partial charge in [0.1, 0.15) is 0 Å². The van der Waals surface area contributed by atoms with E-state index >= 15 is 0 Å². The average molecular weight is 437 g/mol. The molecule has 0 aromatic heterocycles. The van der Waals surface area contributed by atoms with Gasteiger partial charge in [-0.25, -0.2) is 4.79 Å². The van der Waals surface area contributed by atoms with Crippen molar-refractivity contribution in [1.82, 2.24) is 0 Å². The van der Waals surface area contributed by atoms with Crippen LogP contribution in [-0.2, 0) is 19.3 Å². The van der Waals surface area contributed by atoms with Crippen molar-refractivity contribution >= 4 is 6.16 Å². The highest BCUT2D eigenvalue weighted by Gasteiger charge is 2.26. The van der Waals surface area contributed by atoms with Crippen LogP contribution >= 0.6 is 0 Å². The molecule has 0 radical (unpaired) electrons. The molecule has 0 heterocycles. The Morgan fingerprint density at radius 1 is 0.677 bits per heavy atom. The summed E-state index contributed by atoms with van der Waals surface area (Å²) in [7, 11) is 1.53. The van der Waals surface area contributed by atoms with Gasteiger partial charge in [-0.1, -0.05) is 78.6 Å². The number of phenolic OH excluding ortho intramolecular Hbond substituents is 1. The van der Waals surface area contributed by atoms with E-state index in [1.165, 1.54) is 26.4 Å². The third kappa shape index (κ3) is 9.00. The molecule has 5 nitrogen and oxygen atoms in total. The minimum Gasteiger partial charge on any atom is -0.504 e. The van der Waals surface area contributed by atoms with Gasteiger partial charge in [-0.2, -0.15) is 0 Å². The molecule has 0 bridgehead atoms. The Kier molecular flexibility index (Phi) is 13.8. The first kappa shape index (κ1) is 27.1. The molecule has 2 N–H and O–H groups in total. The van der Waals surface area contributed by atoms with E-state index in [4.69, 9.17) is 9.47 Å². The zero-order valence-electron chi connectivity index (χ0n) is 20.2. The van der Waals surface area contributed by atoms with Crippen LogP contribution in [0.15, 0.2) is 0 Å². The first-order valence-electron chi connectivity index (χ1n) is 12.4. The van der Waals surface area contributed by atoms with Gasteiger partial charge < -0.3 is 19.7 Å². The summed E-state index contributed by atoms with van der Waals surface area (Å²) >= 11 is 0. The minimum absolute atomic E-state index is 0.0386. The first-order chi connectivity index (χ1) is 15.0. The number of ether oxygens (including phenoxy) is 2. The van der Waals surface area contributed by atoms with E-state index < -0.39 is 6.16 Å². The van der Waals surface area contributed by atoms with Crippen molar-refractivity contribution in [1.29, 1.82) is 0 Å². The fraction of sp³-hybridized carbons (Fsp3) is 0.731. The number of phenols is 1. The zero-order valence-corrected chi connectivity index (χ0v) is 20.2. The highest BCUT2D eigenvalue weighted by atomic mass is 16.7. The number of unbranched alkanes of at least 4 members (excludes halogenated alkanes) is 9. The monoisotopic (exact) mass is 436 g/mol. The van der Waals surface area contributed by atoms with E-state index in [0.717, 1.165) is 93.7 Å². The van der Waals surface area contributed by atoms with Crippen molar-refractivity contribution in [2.75, 3.05) is 7.11 Å². The Morgan fingerprint density at radius 2 is 1.13 bits per heavy atom. The van der Waals surface area contributed by atoms with Crippen LogP contribution in [0, 0.1) is 0 Å². The molecule has 0 amide bonds. The van der Waals surface area contributed by atoms with Gasteiger partial charge in [0.25, 0.3) is 0 Å². The second-order valence-electron chi connectivity index (χ2n) is 8.45. The van der Waals surface area contributed by atoms with E-state index in [1.807, 2.05) is 0 Å². The van der Waals surface area contributed by atoms with E-state index in [2.05, 4.69) is 20.8 Å². The predicted octanol–water partition coefficient (Wildman–Crippen LogP) is 7.83. The van der Waals surface area contributed by atoms with Crippen molar-refractivity contribution in [2.45, 2.75) is 117 Å². The number of hydrogen-bond donors (Lipinski definition) is 2. The number of benzene rings is 1. The lowest BCUT2D eigenvalue weighted by Crippen LogP contribution is -2.11.